The first-order valence-electron chi connectivity index (χ1n) is 10.5. The second kappa shape index (κ2) is 8.66. The topological polar surface area (TPSA) is 89.9 Å². The third kappa shape index (κ3) is 4.54. The van der Waals surface area contributed by atoms with Crippen molar-refractivity contribution in [1.82, 2.24) is 19.5 Å². The van der Waals surface area contributed by atoms with Gasteiger partial charge in [0.25, 0.3) is 5.56 Å². The number of hydrogen-bond donors (Lipinski definition) is 1. The van der Waals surface area contributed by atoms with Gasteiger partial charge >= 0.3 is 11.9 Å². The average molecular weight is 498 g/mol. The van der Waals surface area contributed by atoms with E-state index < -0.39 is 30.4 Å². The van der Waals surface area contributed by atoms with Crippen molar-refractivity contribution in [2.24, 2.45) is 0 Å². The van der Waals surface area contributed by atoms with Gasteiger partial charge in [0.15, 0.2) is 0 Å². The number of alkyl halides is 3. The van der Waals surface area contributed by atoms with Gasteiger partial charge in [0, 0.05) is 40.8 Å². The van der Waals surface area contributed by atoms with Crippen LogP contribution < -0.4 is 16.0 Å². The number of thiophene rings is 1. The minimum Gasteiger partial charge on any atom is -0.439 e. The number of rotatable bonds is 5. The molecule has 5 rings (SSSR count). The van der Waals surface area contributed by atoms with Crippen molar-refractivity contribution < 1.29 is 17.9 Å². The standard InChI is InChI=1S/C24H17F3N4O3S/c1-13-19-21(32)30-23(33)31(10-8-24(25,26)27)22(19)35-20(13)15-4-7-18(29-12-15)34-16-5-6-17-14(11-16)3-2-9-28-17/h2-7,9,11-12H,8,10H2,1H3,(H,30,32,33). The Kier molecular flexibility index (Phi) is 5.64. The van der Waals surface area contributed by atoms with Crippen molar-refractivity contribution in [3.63, 3.8) is 0 Å². The maximum atomic E-state index is 12.8. The molecule has 7 nitrogen and oxygen atoms in total. The molecular weight excluding hydrogens is 481 g/mol. The predicted molar refractivity (Wildman–Crippen MR) is 127 cm³/mol. The summed E-state index contributed by atoms with van der Waals surface area (Å²) in [4.78, 5) is 36.2. The van der Waals surface area contributed by atoms with Gasteiger partial charge in [0.1, 0.15) is 10.6 Å². The molecule has 5 aromatic rings. The summed E-state index contributed by atoms with van der Waals surface area (Å²) in [5.41, 5.74) is 0.545. The van der Waals surface area contributed by atoms with Crippen LogP contribution in [0.15, 0.2) is 64.4 Å². The van der Waals surface area contributed by atoms with Crippen LogP contribution in [-0.2, 0) is 6.54 Å². The Hall–Kier alpha value is -3.99. The maximum Gasteiger partial charge on any atom is 0.390 e. The van der Waals surface area contributed by atoms with Crippen LogP contribution in [0.1, 0.15) is 12.0 Å². The largest absolute Gasteiger partial charge is 0.439 e. The quantitative estimate of drug-likeness (QED) is 0.350. The predicted octanol–water partition coefficient (Wildman–Crippen LogP) is 5.41. The summed E-state index contributed by atoms with van der Waals surface area (Å²) < 4.78 is 45.1. The van der Waals surface area contributed by atoms with Crippen LogP contribution in [0.4, 0.5) is 13.2 Å². The molecule has 4 heterocycles. The van der Waals surface area contributed by atoms with Crippen molar-refractivity contribution in [3.8, 4) is 22.1 Å². The summed E-state index contributed by atoms with van der Waals surface area (Å²) in [6.07, 6.45) is -2.35. The van der Waals surface area contributed by atoms with E-state index in [4.69, 9.17) is 4.74 Å². The number of aromatic nitrogens is 4. The molecule has 0 amide bonds. The maximum absolute atomic E-state index is 12.8. The highest BCUT2D eigenvalue weighted by molar-refractivity contribution is 7.22. The number of pyridine rings is 2. The van der Waals surface area contributed by atoms with Crippen LogP contribution in [0, 0.1) is 6.92 Å². The minimum absolute atomic E-state index is 0.192. The zero-order valence-electron chi connectivity index (χ0n) is 18.2. The fraction of sp³-hybridized carbons (Fsp3) is 0.167. The van der Waals surface area contributed by atoms with Gasteiger partial charge in [-0.2, -0.15) is 13.2 Å². The number of ether oxygens (including phenoxy) is 1. The molecule has 0 fully saturated rings. The highest BCUT2D eigenvalue weighted by Gasteiger charge is 2.28. The van der Waals surface area contributed by atoms with E-state index in [9.17, 15) is 22.8 Å². The zero-order chi connectivity index (χ0) is 24.7. The van der Waals surface area contributed by atoms with Crippen molar-refractivity contribution in [1.29, 1.82) is 0 Å². The van der Waals surface area contributed by atoms with Crippen molar-refractivity contribution in [2.45, 2.75) is 26.1 Å². The van der Waals surface area contributed by atoms with E-state index in [0.29, 0.717) is 27.6 Å². The van der Waals surface area contributed by atoms with Crippen molar-refractivity contribution in [2.75, 3.05) is 0 Å². The molecule has 1 N–H and O–H groups in total. The number of aryl methyl sites for hydroxylation is 2. The van der Waals surface area contributed by atoms with Gasteiger partial charge in [-0.25, -0.2) is 9.78 Å². The van der Waals surface area contributed by atoms with Crippen LogP contribution >= 0.6 is 11.3 Å². The molecule has 1 aromatic carbocycles. The van der Waals surface area contributed by atoms with E-state index in [1.807, 2.05) is 24.3 Å². The van der Waals surface area contributed by atoms with E-state index in [-0.39, 0.29) is 10.2 Å². The molecule has 0 bridgehead atoms. The number of H-pyrrole nitrogens is 1. The van der Waals surface area contributed by atoms with Gasteiger partial charge < -0.3 is 4.74 Å². The Morgan fingerprint density at radius 3 is 2.69 bits per heavy atom. The first-order valence-corrected chi connectivity index (χ1v) is 11.3. The molecule has 0 saturated heterocycles. The molecule has 0 unspecified atom stereocenters. The monoisotopic (exact) mass is 498 g/mol. The fourth-order valence-electron chi connectivity index (χ4n) is 3.81. The van der Waals surface area contributed by atoms with E-state index in [1.54, 1.807) is 37.5 Å². The molecule has 0 spiro atoms. The molecule has 0 radical (unpaired) electrons. The average Bonchev–Trinajstić information content (AvgIpc) is 3.16. The first-order chi connectivity index (χ1) is 16.7. The normalized spacial score (nSPS) is 11.9. The molecular formula is C24H17F3N4O3S. The number of nitrogens with one attached hydrogen (secondary N) is 1. The molecule has 0 aliphatic heterocycles. The van der Waals surface area contributed by atoms with E-state index >= 15 is 0 Å². The summed E-state index contributed by atoms with van der Waals surface area (Å²) in [7, 11) is 0. The van der Waals surface area contributed by atoms with Crippen LogP contribution in [0.3, 0.4) is 0 Å². The molecule has 0 aliphatic rings. The molecule has 178 valence electrons. The molecule has 0 aliphatic carbocycles. The SMILES string of the molecule is Cc1c(-c2ccc(Oc3ccc4ncccc4c3)nc2)sc2c1c(=O)[nH]c(=O)n2CCC(F)(F)F. The van der Waals surface area contributed by atoms with Gasteiger partial charge in [0.2, 0.25) is 5.88 Å². The lowest BCUT2D eigenvalue weighted by molar-refractivity contribution is -0.136. The molecule has 35 heavy (non-hydrogen) atoms. The highest BCUT2D eigenvalue weighted by atomic mass is 32.1. The lowest BCUT2D eigenvalue weighted by Gasteiger charge is -2.09. The summed E-state index contributed by atoms with van der Waals surface area (Å²) >= 11 is 1.08. The summed E-state index contributed by atoms with van der Waals surface area (Å²) in [6.45, 7) is 1.11. The molecule has 4 aromatic heterocycles. The Morgan fingerprint density at radius 2 is 1.94 bits per heavy atom. The smallest absolute Gasteiger partial charge is 0.390 e. The number of benzene rings is 1. The van der Waals surface area contributed by atoms with Gasteiger partial charge in [-0.05, 0) is 42.8 Å². The van der Waals surface area contributed by atoms with Gasteiger partial charge in [-0.3, -0.25) is 19.3 Å². The van der Waals surface area contributed by atoms with E-state index in [2.05, 4.69) is 15.0 Å². The summed E-state index contributed by atoms with van der Waals surface area (Å²) in [5, 5.41) is 1.11. The van der Waals surface area contributed by atoms with Gasteiger partial charge in [-0.15, -0.1) is 11.3 Å². The number of aromatic amines is 1. The Balaban J connectivity index is 1.48. The minimum atomic E-state index is -4.43. The lowest BCUT2D eigenvalue weighted by atomic mass is 10.1. The highest BCUT2D eigenvalue weighted by Crippen LogP contribution is 2.37. The van der Waals surface area contributed by atoms with Crippen LogP contribution in [0.25, 0.3) is 31.6 Å². The third-order valence-electron chi connectivity index (χ3n) is 5.48. The molecule has 11 heteroatoms. The van der Waals surface area contributed by atoms with Crippen molar-refractivity contribution >= 4 is 32.5 Å². The molecule has 0 atom stereocenters. The number of halogens is 3. The van der Waals surface area contributed by atoms with Gasteiger partial charge in [-0.1, -0.05) is 6.07 Å². The van der Waals surface area contributed by atoms with Crippen molar-refractivity contribution in [3.05, 3.63) is 81.3 Å². The second-order valence-corrected chi connectivity index (χ2v) is 8.86. The fourth-order valence-corrected chi connectivity index (χ4v) is 5.12. The van der Waals surface area contributed by atoms with Crippen LogP contribution in [-0.4, -0.2) is 25.7 Å². The number of hydrogen-bond acceptors (Lipinski definition) is 6. The number of fused-ring (bicyclic) bond motifs is 2. The lowest BCUT2D eigenvalue weighted by Crippen LogP contribution is -2.31. The number of nitrogens with zero attached hydrogens (tertiary/aromatic N) is 3. The molecule has 0 saturated carbocycles. The summed E-state index contributed by atoms with van der Waals surface area (Å²) in [6, 6.07) is 12.6. The summed E-state index contributed by atoms with van der Waals surface area (Å²) in [5.74, 6) is 0.930. The Labute approximate surface area is 199 Å². The van der Waals surface area contributed by atoms with Gasteiger partial charge in [0.05, 0.1) is 17.3 Å². The third-order valence-corrected chi connectivity index (χ3v) is 6.84. The Bertz CT molecular complexity index is 1670. The Morgan fingerprint density at radius 1 is 1.11 bits per heavy atom. The van der Waals surface area contributed by atoms with E-state index in [0.717, 1.165) is 26.8 Å². The van der Waals surface area contributed by atoms with Crippen LogP contribution in [0.5, 0.6) is 11.6 Å². The first kappa shape index (κ1) is 22.8. The van der Waals surface area contributed by atoms with Crippen LogP contribution in [0.2, 0.25) is 0 Å². The second-order valence-electron chi connectivity index (χ2n) is 7.86. The van der Waals surface area contributed by atoms with E-state index in [1.165, 1.54) is 0 Å². The zero-order valence-corrected chi connectivity index (χ0v) is 19.0.